The van der Waals surface area contributed by atoms with Crippen LogP contribution in [0.5, 0.6) is 0 Å². The van der Waals surface area contributed by atoms with E-state index in [0.29, 0.717) is 6.07 Å². The molecule has 0 aliphatic carbocycles. The smallest absolute Gasteiger partial charge is 0.423 e. The van der Waals surface area contributed by atoms with Gasteiger partial charge in [0.25, 0.3) is 5.91 Å². The standard InChI is InChI=1S/C13H9BClF2NO3/c15-12-2-1-7(3-11(12)14(20)21)13(19)18-10-5-8(16)4-9(17)6-10/h1-6,20-21H,(H,18,19). The molecule has 0 aromatic heterocycles. The molecule has 0 fully saturated rings. The fraction of sp³-hybridized carbons (Fsp3) is 0. The summed E-state index contributed by atoms with van der Waals surface area (Å²) in [7, 11) is -1.84. The van der Waals surface area contributed by atoms with Gasteiger partial charge in [0.2, 0.25) is 0 Å². The zero-order valence-electron chi connectivity index (χ0n) is 10.5. The normalized spacial score (nSPS) is 10.3. The molecule has 0 aliphatic rings. The monoisotopic (exact) mass is 311 g/mol. The van der Waals surface area contributed by atoms with E-state index in [1.807, 2.05) is 0 Å². The lowest BCUT2D eigenvalue weighted by Crippen LogP contribution is -2.32. The van der Waals surface area contributed by atoms with Gasteiger partial charge in [-0.3, -0.25) is 4.79 Å². The largest absolute Gasteiger partial charge is 0.489 e. The Morgan fingerprint density at radius 2 is 1.71 bits per heavy atom. The number of anilines is 1. The van der Waals surface area contributed by atoms with Gasteiger partial charge in [-0.25, -0.2) is 8.78 Å². The van der Waals surface area contributed by atoms with Crippen molar-refractivity contribution in [3.8, 4) is 0 Å². The Morgan fingerprint density at radius 1 is 1.10 bits per heavy atom. The van der Waals surface area contributed by atoms with Crippen LogP contribution in [-0.4, -0.2) is 23.1 Å². The van der Waals surface area contributed by atoms with E-state index in [-0.39, 0.29) is 21.7 Å². The summed E-state index contributed by atoms with van der Waals surface area (Å²) in [6.07, 6.45) is 0. The summed E-state index contributed by atoms with van der Waals surface area (Å²) < 4.78 is 26.1. The molecule has 8 heteroatoms. The number of carbonyl (C=O) groups is 1. The van der Waals surface area contributed by atoms with Crippen molar-refractivity contribution in [2.75, 3.05) is 5.32 Å². The number of rotatable bonds is 3. The van der Waals surface area contributed by atoms with Crippen LogP contribution >= 0.6 is 11.6 Å². The van der Waals surface area contributed by atoms with Gasteiger partial charge in [0, 0.05) is 27.8 Å². The summed E-state index contributed by atoms with van der Waals surface area (Å²) in [5, 5.41) is 20.6. The predicted molar refractivity (Wildman–Crippen MR) is 75.6 cm³/mol. The Balaban J connectivity index is 2.26. The lowest BCUT2D eigenvalue weighted by molar-refractivity contribution is 0.102. The van der Waals surface area contributed by atoms with Crippen molar-refractivity contribution >= 4 is 35.8 Å². The third kappa shape index (κ3) is 3.78. The SMILES string of the molecule is O=C(Nc1cc(F)cc(F)c1)c1ccc(Cl)c(B(O)O)c1. The van der Waals surface area contributed by atoms with E-state index in [4.69, 9.17) is 21.6 Å². The molecule has 2 rings (SSSR count). The quantitative estimate of drug-likeness (QED) is 0.753. The maximum atomic E-state index is 13.0. The molecule has 0 saturated heterocycles. The minimum atomic E-state index is -1.84. The summed E-state index contributed by atoms with van der Waals surface area (Å²) >= 11 is 5.75. The van der Waals surface area contributed by atoms with Gasteiger partial charge in [-0.2, -0.15) is 0 Å². The number of hydrogen-bond donors (Lipinski definition) is 3. The van der Waals surface area contributed by atoms with Gasteiger partial charge < -0.3 is 15.4 Å². The van der Waals surface area contributed by atoms with Gasteiger partial charge in [0.05, 0.1) is 0 Å². The van der Waals surface area contributed by atoms with Crippen LogP contribution in [0.3, 0.4) is 0 Å². The Morgan fingerprint density at radius 3 is 2.29 bits per heavy atom. The Hall–Kier alpha value is -1.96. The minimum Gasteiger partial charge on any atom is -0.423 e. The van der Waals surface area contributed by atoms with E-state index >= 15 is 0 Å². The van der Waals surface area contributed by atoms with Crippen LogP contribution in [0.4, 0.5) is 14.5 Å². The van der Waals surface area contributed by atoms with Crippen LogP contribution in [-0.2, 0) is 0 Å². The van der Waals surface area contributed by atoms with Crippen molar-refractivity contribution in [1.82, 2.24) is 0 Å². The Kier molecular flexibility index (Phi) is 4.57. The average Bonchev–Trinajstić information content (AvgIpc) is 2.37. The summed E-state index contributed by atoms with van der Waals surface area (Å²) in [6, 6.07) is 6.43. The molecule has 0 aliphatic heterocycles. The van der Waals surface area contributed by atoms with E-state index in [1.54, 1.807) is 0 Å². The van der Waals surface area contributed by atoms with Gasteiger partial charge in [0.15, 0.2) is 0 Å². The first kappa shape index (κ1) is 15.4. The molecular weight excluding hydrogens is 302 g/mol. The molecule has 0 saturated carbocycles. The number of hydrogen-bond acceptors (Lipinski definition) is 3. The third-order valence-electron chi connectivity index (χ3n) is 2.66. The van der Waals surface area contributed by atoms with Crippen molar-refractivity contribution in [1.29, 1.82) is 0 Å². The Bertz CT molecular complexity index is 677. The second-order valence-corrected chi connectivity index (χ2v) is 4.63. The molecule has 2 aromatic carbocycles. The van der Waals surface area contributed by atoms with Crippen LogP contribution in [0.1, 0.15) is 10.4 Å². The maximum absolute atomic E-state index is 13.0. The molecule has 0 radical (unpaired) electrons. The van der Waals surface area contributed by atoms with Crippen LogP contribution in [0.15, 0.2) is 36.4 Å². The molecule has 2 aromatic rings. The lowest BCUT2D eigenvalue weighted by Gasteiger charge is -2.08. The van der Waals surface area contributed by atoms with Crippen LogP contribution < -0.4 is 10.8 Å². The molecule has 108 valence electrons. The summed E-state index contributed by atoms with van der Waals surface area (Å²) in [4.78, 5) is 12.0. The van der Waals surface area contributed by atoms with Gasteiger partial charge >= 0.3 is 7.12 Å². The second-order valence-electron chi connectivity index (χ2n) is 4.22. The summed E-state index contributed by atoms with van der Waals surface area (Å²) in [5.41, 5.74) is -0.0412. The van der Waals surface area contributed by atoms with E-state index in [1.165, 1.54) is 18.2 Å². The predicted octanol–water partition coefficient (Wildman–Crippen LogP) is 1.55. The molecule has 4 nitrogen and oxygen atoms in total. The first-order valence-electron chi connectivity index (χ1n) is 5.80. The van der Waals surface area contributed by atoms with Crippen LogP contribution in [0.25, 0.3) is 0 Å². The third-order valence-corrected chi connectivity index (χ3v) is 3.00. The second kappa shape index (κ2) is 6.21. The average molecular weight is 311 g/mol. The highest BCUT2D eigenvalue weighted by Gasteiger charge is 2.18. The number of nitrogens with one attached hydrogen (secondary N) is 1. The minimum absolute atomic E-state index is 0.0465. The number of amides is 1. The molecule has 1 amide bonds. The van der Waals surface area contributed by atoms with Crippen LogP contribution in [0.2, 0.25) is 5.02 Å². The van der Waals surface area contributed by atoms with Crippen molar-refractivity contribution in [3.63, 3.8) is 0 Å². The highest BCUT2D eigenvalue weighted by Crippen LogP contribution is 2.15. The molecule has 21 heavy (non-hydrogen) atoms. The highest BCUT2D eigenvalue weighted by atomic mass is 35.5. The lowest BCUT2D eigenvalue weighted by atomic mass is 9.79. The van der Waals surface area contributed by atoms with Gasteiger partial charge in [-0.15, -0.1) is 0 Å². The molecular formula is C13H9BClF2NO3. The van der Waals surface area contributed by atoms with Gasteiger partial charge in [-0.1, -0.05) is 11.6 Å². The van der Waals surface area contributed by atoms with Gasteiger partial charge in [-0.05, 0) is 30.3 Å². The van der Waals surface area contributed by atoms with Crippen molar-refractivity contribution in [2.45, 2.75) is 0 Å². The van der Waals surface area contributed by atoms with E-state index < -0.39 is 24.7 Å². The number of benzene rings is 2. The molecule has 0 spiro atoms. The number of halogens is 3. The topological polar surface area (TPSA) is 69.6 Å². The first-order chi connectivity index (χ1) is 9.86. The zero-order chi connectivity index (χ0) is 15.6. The fourth-order valence-corrected chi connectivity index (χ4v) is 1.93. The number of carbonyl (C=O) groups excluding carboxylic acids is 1. The molecule has 0 heterocycles. The fourth-order valence-electron chi connectivity index (χ4n) is 1.71. The van der Waals surface area contributed by atoms with Gasteiger partial charge in [0.1, 0.15) is 11.6 Å². The molecule has 0 bridgehead atoms. The molecule has 3 N–H and O–H groups in total. The van der Waals surface area contributed by atoms with Crippen molar-refractivity contribution in [2.24, 2.45) is 0 Å². The summed E-state index contributed by atoms with van der Waals surface area (Å²) in [6.45, 7) is 0. The first-order valence-corrected chi connectivity index (χ1v) is 6.17. The Labute approximate surface area is 124 Å². The van der Waals surface area contributed by atoms with E-state index in [9.17, 15) is 13.6 Å². The molecule has 0 unspecified atom stereocenters. The highest BCUT2D eigenvalue weighted by molar-refractivity contribution is 6.62. The van der Waals surface area contributed by atoms with Crippen molar-refractivity contribution < 1.29 is 23.6 Å². The van der Waals surface area contributed by atoms with E-state index in [0.717, 1.165) is 12.1 Å². The molecule has 0 atom stereocenters. The van der Waals surface area contributed by atoms with E-state index in [2.05, 4.69) is 5.32 Å². The van der Waals surface area contributed by atoms with Crippen LogP contribution in [0, 0.1) is 11.6 Å². The van der Waals surface area contributed by atoms with Crippen molar-refractivity contribution in [3.05, 3.63) is 58.6 Å². The maximum Gasteiger partial charge on any atom is 0.489 e. The summed E-state index contributed by atoms with van der Waals surface area (Å²) in [5.74, 6) is -2.32. The zero-order valence-corrected chi connectivity index (χ0v) is 11.2.